The van der Waals surface area contributed by atoms with E-state index < -0.39 is 21.5 Å². The van der Waals surface area contributed by atoms with Gasteiger partial charge >= 0.3 is 0 Å². The van der Waals surface area contributed by atoms with Crippen molar-refractivity contribution < 1.29 is 13.4 Å². The van der Waals surface area contributed by atoms with Crippen LogP contribution in [-0.2, 0) is 22.6 Å². The topological polar surface area (TPSA) is 86.4 Å². The molecule has 30 heavy (non-hydrogen) atoms. The summed E-state index contributed by atoms with van der Waals surface area (Å²) in [5, 5.41) is 8.61. The Morgan fingerprint density at radius 2 is 2.00 bits per heavy atom. The van der Waals surface area contributed by atoms with Crippen molar-refractivity contribution in [2.45, 2.75) is 37.4 Å². The fourth-order valence-electron chi connectivity index (χ4n) is 4.23. The van der Waals surface area contributed by atoms with Crippen molar-refractivity contribution in [3.63, 3.8) is 0 Å². The van der Waals surface area contributed by atoms with E-state index in [-0.39, 0.29) is 16.6 Å². The summed E-state index contributed by atoms with van der Waals surface area (Å²) in [5.41, 5.74) is 3.13. The lowest BCUT2D eigenvalue weighted by Gasteiger charge is -2.33. The van der Waals surface area contributed by atoms with Gasteiger partial charge in [0, 0.05) is 36.4 Å². The third-order valence-electron chi connectivity index (χ3n) is 5.92. The zero-order chi connectivity index (χ0) is 21.3. The molecular weight excluding hydrogens is 403 g/mol. The second-order valence-electron chi connectivity index (χ2n) is 7.92. The van der Waals surface area contributed by atoms with E-state index in [1.165, 1.54) is 23.4 Å². The summed E-state index contributed by atoms with van der Waals surface area (Å²) in [5.74, 6) is -0.776. The number of aromatic nitrogens is 1. The van der Waals surface area contributed by atoms with Crippen molar-refractivity contribution >= 4 is 21.5 Å². The van der Waals surface area contributed by atoms with Crippen LogP contribution in [0.3, 0.4) is 0 Å². The number of hydrogen-bond donors (Lipinski definition) is 0. The largest absolute Gasteiger partial charge is 0.354 e. The minimum Gasteiger partial charge on any atom is -0.354 e. The average Bonchev–Trinajstić information content (AvgIpc) is 3.21. The maximum absolute atomic E-state index is 14.2. The molecule has 1 aliphatic heterocycles. The van der Waals surface area contributed by atoms with Gasteiger partial charge in [-0.3, -0.25) is 4.79 Å². The summed E-state index contributed by atoms with van der Waals surface area (Å²) >= 11 is 0. The van der Waals surface area contributed by atoms with Gasteiger partial charge in [-0.15, -0.1) is 0 Å². The van der Waals surface area contributed by atoms with Crippen LogP contribution in [-0.4, -0.2) is 39.7 Å². The molecule has 2 aromatic rings. The smallest absolute Gasteiger partial charge is 0.285 e. The van der Waals surface area contributed by atoms with E-state index in [0.717, 1.165) is 19.3 Å². The SMILES string of the molecule is CS(=O)(=NC(=O)c1ccc2c(c1)CCC2)C1CCN(c2ncc(C#N)cc2F)CC1. The first-order valence-corrected chi connectivity index (χ1v) is 12.0. The molecule has 6 nitrogen and oxygen atoms in total. The molecule has 1 amide bonds. The molecule has 0 bridgehead atoms. The molecule has 1 atom stereocenters. The van der Waals surface area contributed by atoms with Gasteiger partial charge in [-0.05, 0) is 61.4 Å². The number of rotatable bonds is 3. The molecule has 2 aliphatic rings. The normalized spacial score (nSPS) is 18.4. The summed E-state index contributed by atoms with van der Waals surface area (Å²) in [6.07, 6.45) is 7.04. The van der Waals surface area contributed by atoms with Crippen molar-refractivity contribution in [2.24, 2.45) is 4.36 Å². The van der Waals surface area contributed by atoms with Crippen molar-refractivity contribution in [2.75, 3.05) is 24.2 Å². The number of carbonyl (C=O) groups excluding carboxylic acids is 1. The third-order valence-corrected chi connectivity index (χ3v) is 8.16. The molecule has 8 heteroatoms. The Bertz CT molecular complexity index is 1160. The minimum atomic E-state index is -2.73. The zero-order valence-electron chi connectivity index (χ0n) is 16.8. The van der Waals surface area contributed by atoms with E-state index >= 15 is 0 Å². The van der Waals surface area contributed by atoms with Crippen molar-refractivity contribution in [3.05, 3.63) is 58.5 Å². The van der Waals surface area contributed by atoms with E-state index in [4.69, 9.17) is 5.26 Å². The van der Waals surface area contributed by atoms with E-state index in [0.29, 0.717) is 31.5 Å². The molecule has 0 N–H and O–H groups in total. The van der Waals surface area contributed by atoms with E-state index in [1.54, 1.807) is 17.2 Å². The van der Waals surface area contributed by atoms with Crippen LogP contribution in [0, 0.1) is 17.1 Å². The molecule has 4 rings (SSSR count). The van der Waals surface area contributed by atoms with Gasteiger partial charge in [-0.1, -0.05) is 6.07 Å². The summed E-state index contributed by atoms with van der Waals surface area (Å²) < 4.78 is 31.6. The van der Waals surface area contributed by atoms with Gasteiger partial charge in [-0.2, -0.15) is 9.62 Å². The summed E-state index contributed by atoms with van der Waals surface area (Å²) in [6, 6.07) is 8.66. The second kappa shape index (κ2) is 8.15. The number of hydrogen-bond acceptors (Lipinski definition) is 5. The van der Waals surface area contributed by atoms with Crippen LogP contribution in [0.15, 0.2) is 34.8 Å². The highest BCUT2D eigenvalue weighted by Gasteiger charge is 2.28. The standard InChI is InChI=1S/C22H23FN4O2S/c1-30(29,26-22(28)18-6-5-16-3-2-4-17(16)12-18)19-7-9-27(10-8-19)21-20(23)11-15(13-24)14-25-21/h5-6,11-12,14,19H,2-4,7-10H2,1H3. The minimum absolute atomic E-state index is 0.173. The predicted octanol–water partition coefficient (Wildman–Crippen LogP) is 3.49. The lowest BCUT2D eigenvalue weighted by Crippen LogP contribution is -2.40. The molecule has 2 heterocycles. The first-order valence-electron chi connectivity index (χ1n) is 10.0. The Labute approximate surface area is 175 Å². The number of carbonyl (C=O) groups is 1. The summed E-state index contributed by atoms with van der Waals surface area (Å²) in [7, 11) is -2.73. The Morgan fingerprint density at radius 3 is 2.70 bits per heavy atom. The molecule has 1 saturated heterocycles. The highest BCUT2D eigenvalue weighted by atomic mass is 32.2. The molecule has 1 aromatic heterocycles. The molecule has 1 fully saturated rings. The number of pyridine rings is 1. The fourth-order valence-corrected chi connectivity index (χ4v) is 5.90. The molecule has 1 aromatic carbocycles. The molecule has 0 saturated carbocycles. The monoisotopic (exact) mass is 426 g/mol. The number of fused-ring (bicyclic) bond motifs is 1. The van der Waals surface area contributed by atoms with Gasteiger partial charge in [0.25, 0.3) is 5.91 Å². The number of benzene rings is 1. The summed E-state index contributed by atoms with van der Waals surface area (Å²) in [6.45, 7) is 0.932. The van der Waals surface area contributed by atoms with Crippen LogP contribution in [0.1, 0.15) is 46.3 Å². The molecule has 0 spiro atoms. The highest BCUT2D eigenvalue weighted by molar-refractivity contribution is 7.93. The average molecular weight is 427 g/mol. The summed E-state index contributed by atoms with van der Waals surface area (Å²) in [4.78, 5) is 18.5. The lowest BCUT2D eigenvalue weighted by atomic mass is 10.1. The number of anilines is 1. The van der Waals surface area contributed by atoms with Gasteiger partial charge < -0.3 is 4.90 Å². The van der Waals surface area contributed by atoms with Gasteiger partial charge in [0.2, 0.25) is 0 Å². The Hall–Kier alpha value is -2.79. The van der Waals surface area contributed by atoms with E-state index in [1.807, 2.05) is 18.2 Å². The van der Waals surface area contributed by atoms with Crippen molar-refractivity contribution in [1.82, 2.24) is 4.98 Å². The molecule has 156 valence electrons. The van der Waals surface area contributed by atoms with Crippen LogP contribution in [0.25, 0.3) is 0 Å². The first kappa shape index (κ1) is 20.5. The Kier molecular flexibility index (Phi) is 5.56. The van der Waals surface area contributed by atoms with Gasteiger partial charge in [0.15, 0.2) is 11.6 Å². The number of nitriles is 1. The van der Waals surface area contributed by atoms with Crippen LogP contribution < -0.4 is 4.90 Å². The number of piperidine rings is 1. The quantitative estimate of drug-likeness (QED) is 0.750. The van der Waals surface area contributed by atoms with Crippen molar-refractivity contribution in [1.29, 1.82) is 5.26 Å². The van der Waals surface area contributed by atoms with E-state index in [9.17, 15) is 13.4 Å². The zero-order valence-corrected chi connectivity index (χ0v) is 17.6. The predicted molar refractivity (Wildman–Crippen MR) is 113 cm³/mol. The Balaban J connectivity index is 1.46. The van der Waals surface area contributed by atoms with Crippen LogP contribution in [0.4, 0.5) is 10.2 Å². The second-order valence-corrected chi connectivity index (χ2v) is 10.5. The molecule has 0 radical (unpaired) electrons. The van der Waals surface area contributed by atoms with Crippen LogP contribution >= 0.6 is 0 Å². The molecule has 1 unspecified atom stereocenters. The van der Waals surface area contributed by atoms with Crippen LogP contribution in [0.5, 0.6) is 0 Å². The number of nitrogens with zero attached hydrogens (tertiary/aromatic N) is 4. The van der Waals surface area contributed by atoms with Gasteiger partial charge in [-0.25, -0.2) is 13.6 Å². The Morgan fingerprint density at radius 1 is 1.27 bits per heavy atom. The van der Waals surface area contributed by atoms with E-state index in [2.05, 4.69) is 9.35 Å². The maximum atomic E-state index is 14.2. The fraction of sp³-hybridized carbons (Fsp3) is 0.409. The number of aryl methyl sites for hydroxylation is 2. The number of amides is 1. The molecule has 1 aliphatic carbocycles. The third kappa shape index (κ3) is 4.08. The molecular formula is C22H23FN4O2S. The van der Waals surface area contributed by atoms with Crippen molar-refractivity contribution in [3.8, 4) is 6.07 Å². The van der Waals surface area contributed by atoms with Gasteiger partial charge in [0.1, 0.15) is 6.07 Å². The van der Waals surface area contributed by atoms with Crippen LogP contribution in [0.2, 0.25) is 0 Å². The maximum Gasteiger partial charge on any atom is 0.285 e. The lowest BCUT2D eigenvalue weighted by molar-refractivity contribution is 0.100. The highest BCUT2D eigenvalue weighted by Crippen LogP contribution is 2.26. The number of halogens is 1. The van der Waals surface area contributed by atoms with Gasteiger partial charge in [0.05, 0.1) is 15.3 Å². The first-order chi connectivity index (χ1) is 14.4.